The van der Waals surface area contributed by atoms with E-state index in [-0.39, 0.29) is 0 Å². The van der Waals surface area contributed by atoms with Gasteiger partial charge in [0.05, 0.1) is 7.11 Å². The van der Waals surface area contributed by atoms with Crippen LogP contribution in [0.15, 0.2) is 24.3 Å². The summed E-state index contributed by atoms with van der Waals surface area (Å²) in [4.78, 5) is 0. The van der Waals surface area contributed by atoms with Gasteiger partial charge >= 0.3 is 0 Å². The van der Waals surface area contributed by atoms with Crippen LogP contribution < -0.4 is 4.74 Å². The lowest BCUT2D eigenvalue weighted by atomic mass is 10.1. The van der Waals surface area contributed by atoms with Crippen LogP contribution in [0.3, 0.4) is 0 Å². The van der Waals surface area contributed by atoms with Gasteiger partial charge in [0.1, 0.15) is 5.75 Å². The summed E-state index contributed by atoms with van der Waals surface area (Å²) in [6.45, 7) is 0.316. The standard InChI is InChI=1S/C11H14O2/c1-13-10-4-2-8(3-5-10)11-6-9(11)7-12/h2-5,9,11-12H,6-7H2,1H3. The summed E-state index contributed by atoms with van der Waals surface area (Å²) >= 11 is 0. The molecular formula is C11H14O2. The molecule has 2 heteroatoms. The summed E-state index contributed by atoms with van der Waals surface area (Å²) < 4.78 is 5.07. The quantitative estimate of drug-likeness (QED) is 0.764. The highest BCUT2D eigenvalue weighted by molar-refractivity contribution is 5.32. The van der Waals surface area contributed by atoms with Crippen LogP contribution in [-0.2, 0) is 0 Å². The second-order valence-electron chi connectivity index (χ2n) is 3.56. The third kappa shape index (κ3) is 1.68. The Kier molecular flexibility index (Phi) is 2.23. The smallest absolute Gasteiger partial charge is 0.118 e. The normalized spacial score (nSPS) is 25.7. The summed E-state index contributed by atoms with van der Waals surface area (Å²) in [6, 6.07) is 8.11. The highest BCUT2D eigenvalue weighted by atomic mass is 16.5. The Hall–Kier alpha value is -1.02. The molecule has 1 aliphatic rings. The van der Waals surface area contributed by atoms with E-state index in [0.717, 1.165) is 12.2 Å². The van der Waals surface area contributed by atoms with Crippen LogP contribution in [0.1, 0.15) is 17.9 Å². The van der Waals surface area contributed by atoms with Crippen molar-refractivity contribution in [2.45, 2.75) is 12.3 Å². The first-order chi connectivity index (χ1) is 6.35. The minimum absolute atomic E-state index is 0.316. The fraction of sp³-hybridized carbons (Fsp3) is 0.455. The zero-order chi connectivity index (χ0) is 9.26. The molecule has 1 fully saturated rings. The molecule has 13 heavy (non-hydrogen) atoms. The molecule has 1 saturated carbocycles. The molecule has 1 aliphatic carbocycles. The van der Waals surface area contributed by atoms with Gasteiger partial charge in [0.25, 0.3) is 0 Å². The SMILES string of the molecule is COc1ccc(C2CC2CO)cc1. The van der Waals surface area contributed by atoms with Crippen LogP contribution in [0, 0.1) is 5.92 Å². The molecule has 0 amide bonds. The largest absolute Gasteiger partial charge is 0.497 e. The minimum atomic E-state index is 0.316. The number of aliphatic hydroxyl groups is 1. The molecule has 2 unspecified atom stereocenters. The lowest BCUT2D eigenvalue weighted by molar-refractivity contribution is 0.274. The number of hydrogen-bond donors (Lipinski definition) is 1. The number of benzene rings is 1. The average Bonchev–Trinajstić information content (AvgIpc) is 2.97. The Bertz CT molecular complexity index is 279. The van der Waals surface area contributed by atoms with Gasteiger partial charge < -0.3 is 9.84 Å². The zero-order valence-electron chi connectivity index (χ0n) is 7.73. The van der Waals surface area contributed by atoms with Crippen LogP contribution in [0.25, 0.3) is 0 Å². The van der Waals surface area contributed by atoms with Crippen molar-refractivity contribution in [2.75, 3.05) is 13.7 Å². The predicted molar refractivity (Wildman–Crippen MR) is 50.9 cm³/mol. The summed E-state index contributed by atoms with van der Waals surface area (Å²) in [7, 11) is 1.67. The van der Waals surface area contributed by atoms with Crippen molar-refractivity contribution >= 4 is 0 Å². The maximum absolute atomic E-state index is 8.91. The molecule has 0 spiro atoms. The fourth-order valence-electron chi connectivity index (χ4n) is 1.71. The molecule has 0 saturated heterocycles. The van der Waals surface area contributed by atoms with Crippen LogP contribution >= 0.6 is 0 Å². The van der Waals surface area contributed by atoms with Gasteiger partial charge in [-0.05, 0) is 36.0 Å². The molecule has 70 valence electrons. The Morgan fingerprint density at radius 3 is 2.54 bits per heavy atom. The van der Waals surface area contributed by atoms with Gasteiger partial charge in [0, 0.05) is 6.61 Å². The molecule has 2 nitrogen and oxygen atoms in total. The predicted octanol–water partition coefficient (Wildman–Crippen LogP) is 1.79. The van der Waals surface area contributed by atoms with Gasteiger partial charge in [-0.3, -0.25) is 0 Å². The molecule has 0 radical (unpaired) electrons. The van der Waals surface area contributed by atoms with E-state index in [9.17, 15) is 0 Å². The van der Waals surface area contributed by atoms with Gasteiger partial charge in [-0.2, -0.15) is 0 Å². The topological polar surface area (TPSA) is 29.5 Å². The zero-order valence-corrected chi connectivity index (χ0v) is 7.73. The van der Waals surface area contributed by atoms with E-state index in [4.69, 9.17) is 9.84 Å². The summed E-state index contributed by atoms with van der Waals surface area (Å²) in [5.74, 6) is 1.97. The Morgan fingerprint density at radius 1 is 1.38 bits per heavy atom. The number of ether oxygens (including phenoxy) is 1. The first kappa shape index (κ1) is 8.57. The van der Waals surface area contributed by atoms with E-state index < -0.39 is 0 Å². The number of aliphatic hydroxyl groups excluding tert-OH is 1. The molecule has 0 aromatic heterocycles. The Labute approximate surface area is 78.2 Å². The molecule has 1 aromatic rings. The maximum Gasteiger partial charge on any atom is 0.118 e. The van der Waals surface area contributed by atoms with Crippen LogP contribution in [0.2, 0.25) is 0 Å². The second-order valence-corrected chi connectivity index (χ2v) is 3.56. The third-order valence-electron chi connectivity index (χ3n) is 2.70. The van der Waals surface area contributed by atoms with Crippen molar-refractivity contribution in [2.24, 2.45) is 5.92 Å². The highest BCUT2D eigenvalue weighted by Crippen LogP contribution is 2.47. The Balaban J connectivity index is 2.07. The van der Waals surface area contributed by atoms with Crippen molar-refractivity contribution in [1.29, 1.82) is 0 Å². The van der Waals surface area contributed by atoms with Gasteiger partial charge in [0.15, 0.2) is 0 Å². The second kappa shape index (κ2) is 3.38. The first-order valence-electron chi connectivity index (χ1n) is 4.60. The van der Waals surface area contributed by atoms with Crippen LogP contribution in [0.4, 0.5) is 0 Å². The van der Waals surface area contributed by atoms with Crippen LogP contribution in [0.5, 0.6) is 5.75 Å². The maximum atomic E-state index is 8.91. The molecule has 2 rings (SSSR count). The average molecular weight is 178 g/mol. The van der Waals surface area contributed by atoms with Gasteiger partial charge in [-0.25, -0.2) is 0 Å². The van der Waals surface area contributed by atoms with Crippen molar-refractivity contribution in [3.8, 4) is 5.75 Å². The third-order valence-corrected chi connectivity index (χ3v) is 2.70. The van der Waals surface area contributed by atoms with Gasteiger partial charge in [-0.15, -0.1) is 0 Å². The van der Waals surface area contributed by atoms with Crippen molar-refractivity contribution in [3.05, 3.63) is 29.8 Å². The lowest BCUT2D eigenvalue weighted by Gasteiger charge is -2.01. The monoisotopic (exact) mass is 178 g/mol. The van der Waals surface area contributed by atoms with Crippen molar-refractivity contribution in [1.82, 2.24) is 0 Å². The highest BCUT2D eigenvalue weighted by Gasteiger charge is 2.37. The van der Waals surface area contributed by atoms with E-state index in [1.165, 1.54) is 5.56 Å². The van der Waals surface area contributed by atoms with E-state index in [2.05, 4.69) is 12.1 Å². The molecule has 1 aromatic carbocycles. The molecule has 0 aliphatic heterocycles. The molecule has 1 N–H and O–H groups in total. The summed E-state index contributed by atoms with van der Waals surface area (Å²) in [5, 5.41) is 8.91. The van der Waals surface area contributed by atoms with E-state index >= 15 is 0 Å². The summed E-state index contributed by atoms with van der Waals surface area (Å²) in [5.41, 5.74) is 1.32. The summed E-state index contributed by atoms with van der Waals surface area (Å²) in [6.07, 6.45) is 1.13. The van der Waals surface area contributed by atoms with Gasteiger partial charge in [-0.1, -0.05) is 12.1 Å². The number of hydrogen-bond acceptors (Lipinski definition) is 2. The van der Waals surface area contributed by atoms with E-state index in [1.54, 1.807) is 7.11 Å². The lowest BCUT2D eigenvalue weighted by Crippen LogP contribution is -1.89. The minimum Gasteiger partial charge on any atom is -0.497 e. The Morgan fingerprint density at radius 2 is 2.08 bits per heavy atom. The van der Waals surface area contributed by atoms with E-state index in [0.29, 0.717) is 18.4 Å². The fourth-order valence-corrected chi connectivity index (χ4v) is 1.71. The molecule has 0 heterocycles. The number of methoxy groups -OCH3 is 1. The molecule has 0 bridgehead atoms. The van der Waals surface area contributed by atoms with Gasteiger partial charge in [0.2, 0.25) is 0 Å². The molecular weight excluding hydrogens is 164 g/mol. The van der Waals surface area contributed by atoms with Crippen molar-refractivity contribution < 1.29 is 9.84 Å². The van der Waals surface area contributed by atoms with Crippen LogP contribution in [-0.4, -0.2) is 18.8 Å². The first-order valence-corrected chi connectivity index (χ1v) is 4.60. The molecule has 2 atom stereocenters. The van der Waals surface area contributed by atoms with E-state index in [1.807, 2.05) is 12.1 Å². The van der Waals surface area contributed by atoms with Crippen molar-refractivity contribution in [3.63, 3.8) is 0 Å². The number of rotatable bonds is 3.